The van der Waals surface area contributed by atoms with Crippen LogP contribution in [-0.4, -0.2) is 0 Å². The van der Waals surface area contributed by atoms with E-state index in [-0.39, 0.29) is 5.38 Å². The summed E-state index contributed by atoms with van der Waals surface area (Å²) in [5.41, 5.74) is 3.83. The summed E-state index contributed by atoms with van der Waals surface area (Å²) in [7, 11) is 0. The fourth-order valence-electron chi connectivity index (χ4n) is 2.69. The summed E-state index contributed by atoms with van der Waals surface area (Å²) in [5, 5.41) is 2.58. The smallest absolute Gasteiger partial charge is 0.0636 e. The molecule has 3 aromatic rings. The van der Waals surface area contributed by atoms with Crippen LogP contribution in [0.2, 0.25) is 0 Å². The summed E-state index contributed by atoms with van der Waals surface area (Å²) in [6.45, 7) is 2.13. The predicted molar refractivity (Wildman–Crippen MR) is 100 cm³/mol. The van der Waals surface area contributed by atoms with Crippen LogP contribution < -0.4 is 0 Å². The third-order valence-electron chi connectivity index (χ3n) is 3.84. The minimum absolute atomic E-state index is 0.00241. The van der Waals surface area contributed by atoms with Gasteiger partial charge in [0.2, 0.25) is 0 Å². The van der Waals surface area contributed by atoms with Crippen molar-refractivity contribution in [2.45, 2.75) is 18.7 Å². The molecule has 0 saturated carbocycles. The van der Waals surface area contributed by atoms with E-state index in [4.69, 9.17) is 11.6 Å². The molecular weight excluding hydrogens is 391 g/mol. The minimum atomic E-state index is 0.00241. The molecule has 0 saturated heterocycles. The quantitative estimate of drug-likeness (QED) is 0.355. The van der Waals surface area contributed by atoms with Gasteiger partial charge in [-0.15, -0.1) is 11.6 Å². The standard InChI is InChI=1S/C19H16ClI/c1-13-6-4-11-17(19(13)21)18(20)12-15-9-5-8-14-7-2-3-10-16(14)15/h2-11,18H,12H2,1H3. The minimum Gasteiger partial charge on any atom is -0.117 e. The van der Waals surface area contributed by atoms with Crippen LogP contribution in [0, 0.1) is 10.5 Å². The highest BCUT2D eigenvalue weighted by molar-refractivity contribution is 14.1. The highest BCUT2D eigenvalue weighted by Crippen LogP contribution is 2.32. The van der Waals surface area contributed by atoms with Gasteiger partial charge < -0.3 is 0 Å². The second-order valence-corrected chi connectivity index (χ2v) is 6.89. The van der Waals surface area contributed by atoms with Gasteiger partial charge >= 0.3 is 0 Å². The molecule has 0 aliphatic carbocycles. The van der Waals surface area contributed by atoms with Crippen molar-refractivity contribution in [3.05, 3.63) is 80.9 Å². The van der Waals surface area contributed by atoms with Crippen LogP contribution in [0.5, 0.6) is 0 Å². The summed E-state index contributed by atoms with van der Waals surface area (Å²) in [6.07, 6.45) is 0.850. The van der Waals surface area contributed by atoms with Crippen molar-refractivity contribution in [3.8, 4) is 0 Å². The van der Waals surface area contributed by atoms with Crippen molar-refractivity contribution in [2.75, 3.05) is 0 Å². The van der Waals surface area contributed by atoms with E-state index in [9.17, 15) is 0 Å². The first kappa shape index (κ1) is 14.9. The fourth-order valence-corrected chi connectivity index (χ4v) is 3.95. The number of hydrogen-bond donors (Lipinski definition) is 0. The van der Waals surface area contributed by atoms with Crippen LogP contribution in [0.25, 0.3) is 10.8 Å². The lowest BCUT2D eigenvalue weighted by molar-refractivity contribution is 0.918. The summed E-state index contributed by atoms with van der Waals surface area (Å²) in [6, 6.07) is 21.3. The van der Waals surface area contributed by atoms with Gasteiger partial charge in [-0.25, -0.2) is 0 Å². The molecule has 0 N–H and O–H groups in total. The molecule has 0 nitrogen and oxygen atoms in total. The van der Waals surface area contributed by atoms with Gasteiger partial charge in [0.15, 0.2) is 0 Å². The lowest BCUT2D eigenvalue weighted by Gasteiger charge is -2.15. The van der Waals surface area contributed by atoms with Crippen molar-refractivity contribution in [1.29, 1.82) is 0 Å². The molecule has 0 aliphatic rings. The maximum absolute atomic E-state index is 6.71. The highest BCUT2D eigenvalue weighted by atomic mass is 127. The average Bonchev–Trinajstić information content (AvgIpc) is 2.50. The molecule has 0 fully saturated rings. The van der Waals surface area contributed by atoms with Gasteiger partial charge in [-0.3, -0.25) is 0 Å². The number of benzene rings is 3. The Balaban J connectivity index is 1.97. The molecule has 0 aromatic heterocycles. The number of alkyl halides is 1. The van der Waals surface area contributed by atoms with Crippen molar-refractivity contribution in [1.82, 2.24) is 0 Å². The van der Waals surface area contributed by atoms with Crippen LogP contribution in [0.3, 0.4) is 0 Å². The van der Waals surface area contributed by atoms with Gasteiger partial charge in [0.1, 0.15) is 0 Å². The van der Waals surface area contributed by atoms with E-state index in [1.54, 1.807) is 0 Å². The molecule has 1 atom stereocenters. The van der Waals surface area contributed by atoms with Gasteiger partial charge in [-0.2, -0.15) is 0 Å². The third-order valence-corrected chi connectivity index (χ3v) is 5.70. The van der Waals surface area contributed by atoms with Crippen LogP contribution in [-0.2, 0) is 6.42 Å². The van der Waals surface area contributed by atoms with Crippen LogP contribution in [0.1, 0.15) is 22.1 Å². The van der Waals surface area contributed by atoms with E-state index < -0.39 is 0 Å². The van der Waals surface area contributed by atoms with Crippen molar-refractivity contribution in [2.24, 2.45) is 0 Å². The second-order valence-electron chi connectivity index (χ2n) is 5.29. The molecule has 21 heavy (non-hydrogen) atoms. The molecule has 106 valence electrons. The number of fused-ring (bicyclic) bond motifs is 1. The van der Waals surface area contributed by atoms with E-state index in [1.165, 1.54) is 31.0 Å². The van der Waals surface area contributed by atoms with E-state index >= 15 is 0 Å². The molecule has 0 radical (unpaired) electrons. The molecule has 0 amide bonds. The van der Waals surface area contributed by atoms with E-state index in [2.05, 4.69) is 90.2 Å². The SMILES string of the molecule is Cc1cccc(C(Cl)Cc2cccc3ccccc23)c1I. The van der Waals surface area contributed by atoms with E-state index in [1.807, 2.05) is 0 Å². The Morgan fingerprint density at radius 3 is 2.52 bits per heavy atom. The normalized spacial score (nSPS) is 12.5. The molecule has 0 heterocycles. The summed E-state index contributed by atoms with van der Waals surface area (Å²) in [5.74, 6) is 0. The number of halogens is 2. The average molecular weight is 407 g/mol. The molecule has 2 heteroatoms. The zero-order valence-electron chi connectivity index (χ0n) is 11.8. The fraction of sp³-hybridized carbons (Fsp3) is 0.158. The number of aryl methyl sites for hydroxylation is 1. The first-order chi connectivity index (χ1) is 10.2. The van der Waals surface area contributed by atoms with Gasteiger partial charge in [0, 0.05) is 3.57 Å². The Kier molecular flexibility index (Phi) is 4.51. The topological polar surface area (TPSA) is 0 Å². The molecule has 0 aliphatic heterocycles. The number of hydrogen-bond acceptors (Lipinski definition) is 0. The molecule has 3 rings (SSSR count). The van der Waals surface area contributed by atoms with Crippen LogP contribution >= 0.6 is 34.2 Å². The van der Waals surface area contributed by atoms with Gasteiger partial charge in [-0.05, 0) is 63.4 Å². The Morgan fingerprint density at radius 1 is 0.952 bits per heavy atom. The first-order valence-electron chi connectivity index (χ1n) is 7.02. The Labute approximate surface area is 144 Å². The molecular formula is C19H16ClI. The molecule has 3 aromatic carbocycles. The molecule has 1 unspecified atom stereocenters. The largest absolute Gasteiger partial charge is 0.117 e. The second kappa shape index (κ2) is 6.37. The van der Waals surface area contributed by atoms with Crippen LogP contribution in [0.15, 0.2) is 60.7 Å². The van der Waals surface area contributed by atoms with Crippen molar-refractivity contribution >= 4 is 45.0 Å². The van der Waals surface area contributed by atoms with Crippen LogP contribution in [0.4, 0.5) is 0 Å². The first-order valence-corrected chi connectivity index (χ1v) is 8.54. The summed E-state index contributed by atoms with van der Waals surface area (Å²) < 4.78 is 1.27. The maximum atomic E-state index is 6.71. The van der Waals surface area contributed by atoms with Crippen molar-refractivity contribution < 1.29 is 0 Å². The lowest BCUT2D eigenvalue weighted by Crippen LogP contribution is -2.00. The zero-order chi connectivity index (χ0) is 14.8. The van der Waals surface area contributed by atoms with Gasteiger partial charge in [0.05, 0.1) is 5.38 Å². The van der Waals surface area contributed by atoms with Gasteiger partial charge in [0.25, 0.3) is 0 Å². The summed E-state index contributed by atoms with van der Waals surface area (Å²) >= 11 is 9.11. The lowest BCUT2D eigenvalue weighted by atomic mass is 9.98. The van der Waals surface area contributed by atoms with Crippen molar-refractivity contribution in [3.63, 3.8) is 0 Å². The van der Waals surface area contributed by atoms with E-state index in [0.717, 1.165) is 6.42 Å². The Hall–Kier alpha value is -1.06. The molecule has 0 spiro atoms. The maximum Gasteiger partial charge on any atom is 0.0636 e. The monoisotopic (exact) mass is 406 g/mol. The summed E-state index contributed by atoms with van der Waals surface area (Å²) in [4.78, 5) is 0. The number of rotatable bonds is 3. The van der Waals surface area contributed by atoms with Gasteiger partial charge in [-0.1, -0.05) is 60.7 Å². The highest BCUT2D eigenvalue weighted by Gasteiger charge is 2.14. The molecule has 0 bridgehead atoms. The Morgan fingerprint density at radius 2 is 1.67 bits per heavy atom. The van der Waals surface area contributed by atoms with E-state index in [0.29, 0.717) is 0 Å². The third kappa shape index (κ3) is 3.09. The zero-order valence-corrected chi connectivity index (χ0v) is 14.7. The Bertz CT molecular complexity index is 774. The predicted octanol–water partition coefficient (Wildman–Crippen LogP) is 6.28.